The molecule has 0 saturated carbocycles. The fraction of sp³-hybridized carbons (Fsp3) is 0.143. The van der Waals surface area contributed by atoms with Gasteiger partial charge in [-0.1, -0.05) is 30.3 Å². The van der Waals surface area contributed by atoms with Crippen LogP contribution in [-0.4, -0.2) is 29.0 Å². The van der Waals surface area contributed by atoms with Gasteiger partial charge in [-0.25, -0.2) is 14.8 Å². The maximum Gasteiger partial charge on any atom is 0.337 e. The van der Waals surface area contributed by atoms with Crippen molar-refractivity contribution in [2.24, 2.45) is 0 Å². The number of rotatable bonds is 6. The van der Waals surface area contributed by atoms with Crippen molar-refractivity contribution in [2.75, 3.05) is 12.4 Å². The molecule has 7 heteroatoms. The van der Waals surface area contributed by atoms with E-state index in [1.807, 2.05) is 37.3 Å². The minimum atomic E-state index is -0.408. The number of carbonyl (C=O) groups is 2. The summed E-state index contributed by atoms with van der Waals surface area (Å²) in [6.45, 7) is 1.91. The number of methoxy groups -OCH3 is 1. The van der Waals surface area contributed by atoms with E-state index >= 15 is 0 Å². The van der Waals surface area contributed by atoms with Crippen LogP contribution < -0.4 is 10.6 Å². The van der Waals surface area contributed by atoms with E-state index in [4.69, 9.17) is 0 Å². The minimum Gasteiger partial charge on any atom is -0.465 e. The fourth-order valence-corrected chi connectivity index (χ4v) is 2.58. The van der Waals surface area contributed by atoms with Crippen molar-refractivity contribution in [1.82, 2.24) is 15.3 Å². The highest BCUT2D eigenvalue weighted by atomic mass is 16.5. The van der Waals surface area contributed by atoms with Crippen LogP contribution in [0.4, 0.5) is 11.6 Å². The first-order valence-corrected chi connectivity index (χ1v) is 8.71. The Hall–Kier alpha value is -3.74. The van der Waals surface area contributed by atoms with Crippen molar-refractivity contribution in [2.45, 2.75) is 13.0 Å². The van der Waals surface area contributed by atoms with Crippen LogP contribution in [0.5, 0.6) is 0 Å². The monoisotopic (exact) mass is 376 g/mol. The van der Waals surface area contributed by atoms with Gasteiger partial charge in [0, 0.05) is 11.9 Å². The molecule has 142 valence electrons. The first kappa shape index (κ1) is 19.0. The topological polar surface area (TPSA) is 93.2 Å². The third-order valence-corrected chi connectivity index (χ3v) is 4.10. The summed E-state index contributed by atoms with van der Waals surface area (Å²) in [5, 5.41) is 5.94. The van der Waals surface area contributed by atoms with Crippen molar-refractivity contribution < 1.29 is 14.3 Å². The van der Waals surface area contributed by atoms with Gasteiger partial charge in [-0.2, -0.15) is 0 Å². The lowest BCUT2D eigenvalue weighted by molar-refractivity contribution is 0.0600. The minimum absolute atomic E-state index is 0.147. The van der Waals surface area contributed by atoms with E-state index < -0.39 is 5.97 Å². The number of esters is 1. The zero-order chi connectivity index (χ0) is 19.9. The molecule has 2 N–H and O–H groups in total. The maximum absolute atomic E-state index is 12.5. The van der Waals surface area contributed by atoms with Crippen LogP contribution in [0.1, 0.15) is 39.4 Å². The van der Waals surface area contributed by atoms with Gasteiger partial charge in [-0.15, -0.1) is 0 Å². The van der Waals surface area contributed by atoms with E-state index in [1.165, 1.54) is 13.3 Å². The van der Waals surface area contributed by atoms with E-state index in [0.717, 1.165) is 5.56 Å². The molecule has 0 fully saturated rings. The third-order valence-electron chi connectivity index (χ3n) is 4.10. The second-order valence-corrected chi connectivity index (χ2v) is 6.07. The zero-order valence-corrected chi connectivity index (χ0v) is 15.5. The number of ether oxygens (including phenoxy) is 1. The molecule has 1 aromatic heterocycles. The Labute approximate surface area is 162 Å². The molecular weight excluding hydrogens is 356 g/mol. The summed E-state index contributed by atoms with van der Waals surface area (Å²) in [4.78, 5) is 32.4. The van der Waals surface area contributed by atoms with Gasteiger partial charge in [0.2, 0.25) is 5.95 Å². The van der Waals surface area contributed by atoms with E-state index in [2.05, 4.69) is 25.3 Å². The molecule has 3 aromatic rings. The van der Waals surface area contributed by atoms with Crippen LogP contribution >= 0.6 is 0 Å². The van der Waals surface area contributed by atoms with Crippen molar-refractivity contribution >= 4 is 23.5 Å². The molecule has 3 rings (SSSR count). The lowest BCUT2D eigenvalue weighted by Gasteiger charge is -2.14. The molecule has 1 atom stereocenters. The van der Waals surface area contributed by atoms with E-state index in [9.17, 15) is 9.59 Å². The number of amides is 1. The smallest absolute Gasteiger partial charge is 0.337 e. The van der Waals surface area contributed by atoms with Gasteiger partial charge >= 0.3 is 5.97 Å². The summed E-state index contributed by atoms with van der Waals surface area (Å²) in [6.07, 6.45) is 1.51. The molecule has 1 amide bonds. The number of hydrogen-bond acceptors (Lipinski definition) is 6. The largest absolute Gasteiger partial charge is 0.465 e. The summed E-state index contributed by atoms with van der Waals surface area (Å²) < 4.78 is 4.67. The number of benzene rings is 2. The van der Waals surface area contributed by atoms with Crippen molar-refractivity contribution in [3.8, 4) is 0 Å². The highest BCUT2D eigenvalue weighted by Gasteiger charge is 2.13. The van der Waals surface area contributed by atoms with Crippen LogP contribution in [0.25, 0.3) is 0 Å². The summed E-state index contributed by atoms with van der Waals surface area (Å²) in [5.41, 5.74) is 2.39. The van der Waals surface area contributed by atoms with Gasteiger partial charge in [0.25, 0.3) is 5.91 Å². The predicted octanol–water partition coefficient (Wildman–Crippen LogP) is 3.50. The lowest BCUT2D eigenvalue weighted by Crippen LogP contribution is -2.27. The number of aromatic nitrogens is 2. The molecular formula is C21H20N4O3. The Morgan fingerprint density at radius 3 is 2.39 bits per heavy atom. The molecule has 2 aromatic carbocycles. The average Bonchev–Trinajstić information content (AvgIpc) is 2.74. The van der Waals surface area contributed by atoms with Gasteiger partial charge in [-0.05, 0) is 42.8 Å². The van der Waals surface area contributed by atoms with Gasteiger partial charge in [0.05, 0.1) is 18.7 Å². The molecule has 0 radical (unpaired) electrons. The number of nitrogens with zero attached hydrogens (tertiary/aromatic N) is 2. The number of carbonyl (C=O) groups excluding carboxylic acids is 2. The Balaban J connectivity index is 1.68. The van der Waals surface area contributed by atoms with Crippen LogP contribution in [0, 0.1) is 0 Å². The number of nitrogens with one attached hydrogen (secondary N) is 2. The van der Waals surface area contributed by atoms with Crippen molar-refractivity contribution in [1.29, 1.82) is 0 Å². The molecule has 7 nitrogen and oxygen atoms in total. The number of anilines is 2. The first-order valence-electron chi connectivity index (χ1n) is 8.71. The Kier molecular flexibility index (Phi) is 5.96. The zero-order valence-electron chi connectivity index (χ0n) is 15.5. The normalized spacial score (nSPS) is 11.4. The van der Waals surface area contributed by atoms with Gasteiger partial charge in [0.15, 0.2) is 0 Å². The summed E-state index contributed by atoms with van der Waals surface area (Å²) >= 11 is 0. The van der Waals surface area contributed by atoms with Crippen molar-refractivity contribution in [3.05, 3.63) is 83.7 Å². The standard InChI is InChI=1S/C21H20N4O3/c1-14(15-6-4-3-5-7-15)23-19(26)18-12-13-22-21(25-18)24-17-10-8-16(9-11-17)20(27)28-2/h3-14H,1-2H3,(H,23,26)(H,22,24,25). The Morgan fingerprint density at radius 2 is 1.71 bits per heavy atom. The Morgan fingerprint density at radius 1 is 1.00 bits per heavy atom. The predicted molar refractivity (Wildman–Crippen MR) is 105 cm³/mol. The van der Waals surface area contributed by atoms with Crippen molar-refractivity contribution in [3.63, 3.8) is 0 Å². The summed E-state index contributed by atoms with van der Waals surface area (Å²) in [5.74, 6) is -0.414. The van der Waals surface area contributed by atoms with Crippen LogP contribution in [0.2, 0.25) is 0 Å². The SMILES string of the molecule is COC(=O)c1ccc(Nc2nccc(C(=O)NC(C)c3ccccc3)n2)cc1. The molecule has 0 bridgehead atoms. The summed E-state index contributed by atoms with van der Waals surface area (Å²) in [7, 11) is 1.33. The third kappa shape index (κ3) is 4.70. The quantitative estimate of drug-likeness (QED) is 0.640. The number of hydrogen-bond donors (Lipinski definition) is 2. The fourth-order valence-electron chi connectivity index (χ4n) is 2.58. The first-order chi connectivity index (χ1) is 13.6. The molecule has 0 aliphatic carbocycles. The lowest BCUT2D eigenvalue weighted by atomic mass is 10.1. The second kappa shape index (κ2) is 8.77. The van der Waals surface area contributed by atoms with E-state index in [-0.39, 0.29) is 23.6 Å². The maximum atomic E-state index is 12.5. The van der Waals surface area contributed by atoms with Gasteiger partial charge in [0.1, 0.15) is 5.69 Å². The summed E-state index contributed by atoms with van der Waals surface area (Å²) in [6, 6.07) is 17.8. The molecule has 0 aliphatic heterocycles. The Bertz CT molecular complexity index is 959. The molecule has 0 spiro atoms. The van der Waals surface area contributed by atoms with Gasteiger partial charge in [-0.3, -0.25) is 4.79 Å². The molecule has 1 heterocycles. The highest BCUT2D eigenvalue weighted by Crippen LogP contribution is 2.16. The van der Waals surface area contributed by atoms with E-state index in [0.29, 0.717) is 11.3 Å². The van der Waals surface area contributed by atoms with E-state index in [1.54, 1.807) is 30.3 Å². The second-order valence-electron chi connectivity index (χ2n) is 6.07. The molecule has 0 aliphatic rings. The van der Waals surface area contributed by atoms with Crippen LogP contribution in [-0.2, 0) is 4.74 Å². The average molecular weight is 376 g/mol. The van der Waals surface area contributed by atoms with Gasteiger partial charge < -0.3 is 15.4 Å². The van der Waals surface area contributed by atoms with Crippen LogP contribution in [0.3, 0.4) is 0 Å². The molecule has 0 saturated heterocycles. The molecule has 1 unspecified atom stereocenters. The van der Waals surface area contributed by atoms with Crippen LogP contribution in [0.15, 0.2) is 66.9 Å². The molecule has 28 heavy (non-hydrogen) atoms. The highest BCUT2D eigenvalue weighted by molar-refractivity contribution is 5.93.